The molecule has 0 spiro atoms. The third-order valence-electron chi connectivity index (χ3n) is 8.97. The molecular formula is C43H78O14P2. The number of hydrogen-bond acceptors (Lipinski definition) is 11. The number of phosphoric acid groups is 2. The zero-order valence-corrected chi connectivity index (χ0v) is 37.9. The average molecular weight is 881 g/mol. The molecule has 0 aromatic heterocycles. The largest absolute Gasteiger partial charge is 0.472 e. The smallest absolute Gasteiger partial charge is 0.462 e. The maximum atomic E-state index is 12.6. The van der Waals surface area contributed by atoms with Crippen molar-refractivity contribution in [3.05, 3.63) is 48.6 Å². The van der Waals surface area contributed by atoms with Gasteiger partial charge in [-0.05, 0) is 50.9 Å². The maximum Gasteiger partial charge on any atom is 0.472 e. The van der Waals surface area contributed by atoms with Crippen molar-refractivity contribution >= 4 is 27.6 Å². The molecule has 0 aliphatic heterocycles. The third kappa shape index (κ3) is 42.5. The standard InChI is InChI=1S/C43H78O14P2/c1-4-5-6-7-20-25-30-39(44)31-26-21-16-13-14-17-22-27-32-42(46)53-36-41(37-56-59(51,52)55-35-40(45)34-54-58(48,49)50)57-43(47)33-28-23-18-12-10-8-9-11-15-19-24-29-38(2)3/h14,16-17,20-21,25-26,31,38-41,44-45H,4-13,15,18-19,22-24,27-30,32-37H2,1-3H3,(H,51,52)(H2,48,49,50)/b17-14-,21-16-,25-20-,31-26+/t39-,40+,41-/m1/s1. The summed E-state index contributed by atoms with van der Waals surface area (Å²) >= 11 is 0. The topological polar surface area (TPSA) is 216 Å². The van der Waals surface area contributed by atoms with Crippen molar-refractivity contribution in [2.45, 2.75) is 180 Å². The summed E-state index contributed by atoms with van der Waals surface area (Å²) in [5.74, 6) is -0.363. The van der Waals surface area contributed by atoms with Crippen LogP contribution in [0.15, 0.2) is 48.6 Å². The number of rotatable bonds is 40. The Kier molecular flexibility index (Phi) is 36.5. The average Bonchev–Trinajstić information content (AvgIpc) is 3.17. The monoisotopic (exact) mass is 880 g/mol. The van der Waals surface area contributed by atoms with E-state index in [2.05, 4.69) is 35.9 Å². The third-order valence-corrected chi connectivity index (χ3v) is 10.4. The predicted molar refractivity (Wildman–Crippen MR) is 231 cm³/mol. The van der Waals surface area contributed by atoms with E-state index in [-0.39, 0.29) is 12.8 Å². The van der Waals surface area contributed by atoms with Crippen molar-refractivity contribution in [3.8, 4) is 0 Å². The van der Waals surface area contributed by atoms with Gasteiger partial charge in [0.25, 0.3) is 0 Å². The van der Waals surface area contributed by atoms with Crippen molar-refractivity contribution < 1.29 is 66.7 Å². The molecule has 0 aliphatic rings. The summed E-state index contributed by atoms with van der Waals surface area (Å²) in [5.41, 5.74) is 0. The molecule has 0 saturated heterocycles. The zero-order chi connectivity index (χ0) is 44.0. The fourth-order valence-electron chi connectivity index (χ4n) is 5.61. The molecular weight excluding hydrogens is 802 g/mol. The van der Waals surface area contributed by atoms with Gasteiger partial charge >= 0.3 is 27.6 Å². The van der Waals surface area contributed by atoms with Gasteiger partial charge in [-0.25, -0.2) is 9.13 Å². The SMILES string of the molecule is CCCCC/C=C\C[C@@H](O)/C=C/C=C\C/C=C\CCCC(=O)OC[C@H](COP(=O)(O)OC[C@@H](O)COP(=O)(O)O)OC(=O)CCCCCCCCCCCCCC(C)C. The Bertz CT molecular complexity index is 1260. The molecule has 16 heteroatoms. The first-order valence-electron chi connectivity index (χ1n) is 21.8. The van der Waals surface area contributed by atoms with Crippen LogP contribution in [0.3, 0.4) is 0 Å². The summed E-state index contributed by atoms with van der Waals surface area (Å²) in [6.07, 6.45) is 32.9. The van der Waals surface area contributed by atoms with Gasteiger partial charge in [-0.15, -0.1) is 0 Å². The van der Waals surface area contributed by atoms with Crippen molar-refractivity contribution in [2.24, 2.45) is 5.92 Å². The summed E-state index contributed by atoms with van der Waals surface area (Å²) in [7, 11) is -9.71. The molecule has 14 nitrogen and oxygen atoms in total. The molecule has 0 aromatic rings. The molecule has 0 fully saturated rings. The Morgan fingerprint density at radius 3 is 1.83 bits per heavy atom. The molecule has 0 aliphatic carbocycles. The van der Waals surface area contributed by atoms with Gasteiger partial charge in [0.2, 0.25) is 0 Å². The fraction of sp³-hybridized carbons (Fsp3) is 0.767. The molecule has 0 amide bonds. The highest BCUT2D eigenvalue weighted by molar-refractivity contribution is 7.47. The molecule has 0 heterocycles. The summed E-state index contributed by atoms with van der Waals surface area (Å²) in [6.45, 7) is 3.88. The Hall–Kier alpha value is -1.96. The van der Waals surface area contributed by atoms with Gasteiger partial charge in [0.1, 0.15) is 12.7 Å². The summed E-state index contributed by atoms with van der Waals surface area (Å²) in [5, 5.41) is 19.8. The highest BCUT2D eigenvalue weighted by Crippen LogP contribution is 2.43. The molecule has 0 bridgehead atoms. The van der Waals surface area contributed by atoms with Crippen molar-refractivity contribution in [1.29, 1.82) is 0 Å². The summed E-state index contributed by atoms with van der Waals surface area (Å²) in [6, 6.07) is 0. The number of ether oxygens (including phenoxy) is 2. The Morgan fingerprint density at radius 1 is 0.610 bits per heavy atom. The zero-order valence-electron chi connectivity index (χ0n) is 36.1. The highest BCUT2D eigenvalue weighted by Gasteiger charge is 2.28. The number of carbonyl (C=O) groups is 2. The number of allylic oxidation sites excluding steroid dienone is 6. The summed E-state index contributed by atoms with van der Waals surface area (Å²) in [4.78, 5) is 52.6. The van der Waals surface area contributed by atoms with Crippen LogP contribution in [-0.4, -0.2) is 81.6 Å². The highest BCUT2D eigenvalue weighted by atomic mass is 31.2. The van der Waals surface area contributed by atoms with Crippen LogP contribution in [0.25, 0.3) is 0 Å². The number of aliphatic hydroxyl groups excluding tert-OH is 2. The number of esters is 2. The second-order valence-corrected chi connectivity index (χ2v) is 18.0. The van der Waals surface area contributed by atoms with Crippen molar-refractivity contribution in [1.82, 2.24) is 0 Å². The lowest BCUT2D eigenvalue weighted by molar-refractivity contribution is -0.161. The first-order chi connectivity index (χ1) is 28.1. The van der Waals surface area contributed by atoms with Crippen LogP contribution in [0.2, 0.25) is 0 Å². The first-order valence-corrected chi connectivity index (χ1v) is 24.8. The van der Waals surface area contributed by atoms with Gasteiger partial charge in [0, 0.05) is 12.8 Å². The van der Waals surface area contributed by atoms with E-state index in [0.717, 1.165) is 38.0 Å². The lowest BCUT2D eigenvalue weighted by Crippen LogP contribution is -2.30. The lowest BCUT2D eigenvalue weighted by atomic mass is 10.0. The van der Waals surface area contributed by atoms with Gasteiger partial charge in [0.15, 0.2) is 6.10 Å². The second kappa shape index (κ2) is 37.8. The van der Waals surface area contributed by atoms with Crippen molar-refractivity contribution in [2.75, 3.05) is 26.4 Å². The molecule has 5 N–H and O–H groups in total. The fourth-order valence-corrected chi connectivity index (χ4v) is 6.76. The van der Waals surface area contributed by atoms with Crippen LogP contribution in [-0.2, 0) is 41.8 Å². The van der Waals surface area contributed by atoms with Gasteiger partial charge in [-0.1, -0.05) is 153 Å². The van der Waals surface area contributed by atoms with Crippen LogP contribution in [0.5, 0.6) is 0 Å². The predicted octanol–water partition coefficient (Wildman–Crippen LogP) is 9.89. The van der Waals surface area contributed by atoms with E-state index in [9.17, 15) is 33.8 Å². The number of hydrogen-bond donors (Lipinski definition) is 5. The lowest BCUT2D eigenvalue weighted by Gasteiger charge is -2.20. The molecule has 344 valence electrons. The van der Waals surface area contributed by atoms with Gasteiger partial charge in [-0.2, -0.15) is 0 Å². The van der Waals surface area contributed by atoms with Gasteiger partial charge < -0.3 is 34.4 Å². The van der Waals surface area contributed by atoms with Crippen molar-refractivity contribution in [3.63, 3.8) is 0 Å². The van der Waals surface area contributed by atoms with Crippen LogP contribution in [0.4, 0.5) is 0 Å². The van der Waals surface area contributed by atoms with Gasteiger partial charge in [-0.3, -0.25) is 23.2 Å². The molecule has 0 radical (unpaired) electrons. The number of aliphatic hydroxyl groups is 2. The minimum absolute atomic E-state index is 0.0872. The molecule has 4 atom stereocenters. The minimum atomic E-state index is -4.87. The van der Waals surface area contributed by atoms with Crippen LogP contribution in [0.1, 0.15) is 162 Å². The molecule has 0 aromatic carbocycles. The van der Waals surface area contributed by atoms with E-state index in [1.54, 1.807) is 6.08 Å². The van der Waals surface area contributed by atoms with Crippen LogP contribution < -0.4 is 0 Å². The van der Waals surface area contributed by atoms with E-state index in [1.807, 2.05) is 36.5 Å². The van der Waals surface area contributed by atoms with E-state index in [4.69, 9.17) is 23.8 Å². The van der Waals surface area contributed by atoms with E-state index in [1.165, 1.54) is 64.2 Å². The molecule has 0 rings (SSSR count). The second-order valence-electron chi connectivity index (χ2n) is 15.3. The van der Waals surface area contributed by atoms with Crippen LogP contribution >= 0.6 is 15.6 Å². The van der Waals surface area contributed by atoms with Gasteiger partial charge in [0.05, 0.1) is 25.9 Å². The molecule has 0 saturated carbocycles. The Balaban J connectivity index is 4.67. The normalized spacial score (nSPS) is 15.1. The first kappa shape index (κ1) is 57.0. The number of phosphoric ester groups is 2. The molecule has 59 heavy (non-hydrogen) atoms. The van der Waals surface area contributed by atoms with Crippen LogP contribution in [0, 0.1) is 5.92 Å². The van der Waals surface area contributed by atoms with E-state index < -0.39 is 72.3 Å². The molecule has 1 unspecified atom stereocenters. The summed E-state index contributed by atoms with van der Waals surface area (Å²) < 4.78 is 47.7. The van der Waals surface area contributed by atoms with E-state index in [0.29, 0.717) is 32.1 Å². The van der Waals surface area contributed by atoms with E-state index >= 15 is 0 Å². The number of carbonyl (C=O) groups excluding carboxylic acids is 2. The quantitative estimate of drug-likeness (QED) is 0.0127. The Labute approximate surface area is 354 Å². The minimum Gasteiger partial charge on any atom is -0.462 e. The Morgan fingerprint density at radius 2 is 1.19 bits per heavy atom. The maximum absolute atomic E-state index is 12.6. The number of unbranched alkanes of at least 4 members (excludes halogenated alkanes) is 14.